The van der Waals surface area contributed by atoms with Crippen molar-refractivity contribution in [3.63, 3.8) is 0 Å². The van der Waals surface area contributed by atoms with Crippen molar-refractivity contribution in [1.29, 1.82) is 0 Å². The van der Waals surface area contributed by atoms with Gasteiger partial charge in [0.05, 0.1) is 12.1 Å². The van der Waals surface area contributed by atoms with Gasteiger partial charge in [-0.15, -0.1) is 0 Å². The zero-order chi connectivity index (χ0) is 12.0. The van der Waals surface area contributed by atoms with Crippen LogP contribution >= 0.6 is 0 Å². The second kappa shape index (κ2) is 6.06. The lowest BCUT2D eigenvalue weighted by atomic mass is 9.99. The van der Waals surface area contributed by atoms with E-state index < -0.39 is 0 Å². The summed E-state index contributed by atoms with van der Waals surface area (Å²) in [5, 5.41) is 9.11. The average molecular weight is 229 g/mol. The molecule has 1 fully saturated rings. The maximum Gasteiger partial charge on any atom is 0.315 e. The molecule has 0 aliphatic carbocycles. The number of carbonyl (C=O) groups excluding carboxylic acids is 1. The SMILES string of the molecule is COCC1(CNC(=O)NC(C)C)CCCN1. The number of nitrogens with one attached hydrogen (secondary N) is 3. The molecule has 1 atom stereocenters. The lowest BCUT2D eigenvalue weighted by molar-refractivity contribution is 0.120. The third kappa shape index (κ3) is 3.98. The van der Waals surface area contributed by atoms with Crippen LogP contribution in [-0.2, 0) is 4.74 Å². The maximum atomic E-state index is 11.5. The standard InChI is InChI=1S/C11H23N3O2/c1-9(2)14-10(15)12-7-11(8-16-3)5-4-6-13-11/h9,13H,4-8H2,1-3H3,(H2,12,14,15). The predicted octanol–water partition coefficient (Wildman–Crippen LogP) is 0.463. The Bertz CT molecular complexity index is 225. The number of rotatable bonds is 5. The number of ether oxygens (including phenoxy) is 1. The first-order valence-corrected chi connectivity index (χ1v) is 5.86. The quantitative estimate of drug-likeness (QED) is 0.642. The van der Waals surface area contributed by atoms with E-state index in [1.807, 2.05) is 13.8 Å². The first-order chi connectivity index (χ1) is 7.58. The Hall–Kier alpha value is -0.810. The van der Waals surface area contributed by atoms with Crippen molar-refractivity contribution in [3.8, 4) is 0 Å². The number of amides is 2. The molecule has 0 aromatic rings. The molecular formula is C11H23N3O2. The smallest absolute Gasteiger partial charge is 0.315 e. The fourth-order valence-corrected chi connectivity index (χ4v) is 2.03. The minimum atomic E-state index is -0.112. The van der Waals surface area contributed by atoms with Crippen LogP contribution in [0.4, 0.5) is 4.79 Å². The molecule has 1 aliphatic heterocycles. The van der Waals surface area contributed by atoms with E-state index >= 15 is 0 Å². The zero-order valence-electron chi connectivity index (χ0n) is 10.4. The van der Waals surface area contributed by atoms with Crippen molar-refractivity contribution in [1.82, 2.24) is 16.0 Å². The Morgan fingerprint density at radius 2 is 2.31 bits per heavy atom. The molecule has 1 unspecified atom stereocenters. The van der Waals surface area contributed by atoms with Gasteiger partial charge in [0.1, 0.15) is 0 Å². The molecule has 2 amide bonds. The van der Waals surface area contributed by atoms with Gasteiger partial charge in [0.2, 0.25) is 0 Å². The van der Waals surface area contributed by atoms with Crippen molar-refractivity contribution >= 4 is 6.03 Å². The van der Waals surface area contributed by atoms with Crippen LogP contribution in [0.2, 0.25) is 0 Å². The van der Waals surface area contributed by atoms with Gasteiger partial charge in [-0.05, 0) is 33.2 Å². The summed E-state index contributed by atoms with van der Waals surface area (Å²) in [5.41, 5.74) is -0.0803. The van der Waals surface area contributed by atoms with Crippen molar-refractivity contribution < 1.29 is 9.53 Å². The van der Waals surface area contributed by atoms with E-state index in [9.17, 15) is 4.79 Å². The number of carbonyl (C=O) groups is 1. The lowest BCUT2D eigenvalue weighted by Crippen LogP contribution is -2.54. The predicted molar refractivity (Wildman–Crippen MR) is 63.5 cm³/mol. The highest BCUT2D eigenvalue weighted by molar-refractivity contribution is 5.74. The second-order valence-electron chi connectivity index (χ2n) is 4.73. The molecule has 0 spiro atoms. The maximum absolute atomic E-state index is 11.5. The summed E-state index contributed by atoms with van der Waals surface area (Å²) in [6.45, 7) is 6.13. The molecule has 0 aromatic heterocycles. The van der Waals surface area contributed by atoms with Gasteiger partial charge in [-0.3, -0.25) is 0 Å². The number of hydrogen-bond acceptors (Lipinski definition) is 3. The minimum absolute atomic E-state index is 0.0803. The van der Waals surface area contributed by atoms with Crippen LogP contribution in [0.3, 0.4) is 0 Å². The summed E-state index contributed by atoms with van der Waals surface area (Å²) in [7, 11) is 1.69. The topological polar surface area (TPSA) is 62.4 Å². The van der Waals surface area contributed by atoms with Gasteiger partial charge in [0.25, 0.3) is 0 Å². The zero-order valence-corrected chi connectivity index (χ0v) is 10.4. The first-order valence-electron chi connectivity index (χ1n) is 5.86. The first kappa shape index (κ1) is 13.3. The van der Waals surface area contributed by atoms with Gasteiger partial charge in [-0.25, -0.2) is 4.79 Å². The van der Waals surface area contributed by atoms with Gasteiger partial charge in [-0.2, -0.15) is 0 Å². The van der Waals surface area contributed by atoms with Crippen molar-refractivity contribution in [2.45, 2.75) is 38.3 Å². The number of hydrogen-bond donors (Lipinski definition) is 3. The Kier molecular flexibility index (Phi) is 5.02. The molecule has 1 rings (SSSR count). The molecule has 3 N–H and O–H groups in total. The summed E-state index contributed by atoms with van der Waals surface area (Å²) < 4.78 is 5.21. The molecular weight excluding hydrogens is 206 g/mol. The van der Waals surface area contributed by atoms with E-state index in [4.69, 9.17) is 4.74 Å². The highest BCUT2D eigenvalue weighted by Crippen LogP contribution is 2.18. The largest absolute Gasteiger partial charge is 0.383 e. The van der Waals surface area contributed by atoms with Gasteiger partial charge in [0.15, 0.2) is 0 Å². The van der Waals surface area contributed by atoms with E-state index in [-0.39, 0.29) is 17.6 Å². The van der Waals surface area contributed by atoms with Gasteiger partial charge >= 0.3 is 6.03 Å². The summed E-state index contributed by atoms with van der Waals surface area (Å²) >= 11 is 0. The molecule has 0 aromatic carbocycles. The molecule has 1 heterocycles. The van der Waals surface area contributed by atoms with Crippen LogP contribution in [-0.4, -0.2) is 44.4 Å². The molecule has 94 valence electrons. The van der Waals surface area contributed by atoms with Crippen LogP contribution in [0.5, 0.6) is 0 Å². The van der Waals surface area contributed by atoms with Crippen LogP contribution < -0.4 is 16.0 Å². The third-order valence-corrected chi connectivity index (χ3v) is 2.76. The van der Waals surface area contributed by atoms with Crippen LogP contribution in [0.25, 0.3) is 0 Å². The van der Waals surface area contributed by atoms with Gasteiger partial charge < -0.3 is 20.7 Å². The number of urea groups is 1. The Balaban J connectivity index is 2.35. The second-order valence-corrected chi connectivity index (χ2v) is 4.73. The van der Waals surface area contributed by atoms with Crippen molar-refractivity contribution in [2.75, 3.05) is 26.8 Å². The van der Waals surface area contributed by atoms with Crippen LogP contribution in [0.15, 0.2) is 0 Å². The van der Waals surface area contributed by atoms with Crippen LogP contribution in [0, 0.1) is 0 Å². The molecule has 0 radical (unpaired) electrons. The number of methoxy groups -OCH3 is 1. The third-order valence-electron chi connectivity index (χ3n) is 2.76. The molecule has 0 saturated carbocycles. The Labute approximate surface area is 97.3 Å². The summed E-state index contributed by atoms with van der Waals surface area (Å²) in [6, 6.07) is 0.0501. The summed E-state index contributed by atoms with van der Waals surface area (Å²) in [4.78, 5) is 11.5. The lowest BCUT2D eigenvalue weighted by Gasteiger charge is -2.29. The Morgan fingerprint density at radius 1 is 1.56 bits per heavy atom. The van der Waals surface area contributed by atoms with E-state index in [0.29, 0.717) is 13.2 Å². The molecule has 1 aliphatic rings. The summed E-state index contributed by atoms with van der Waals surface area (Å²) in [5.74, 6) is 0. The van der Waals surface area contributed by atoms with Crippen molar-refractivity contribution in [2.24, 2.45) is 0 Å². The molecule has 0 bridgehead atoms. The highest BCUT2D eigenvalue weighted by atomic mass is 16.5. The van der Waals surface area contributed by atoms with Gasteiger partial charge in [0, 0.05) is 19.7 Å². The molecule has 1 saturated heterocycles. The minimum Gasteiger partial charge on any atom is -0.383 e. The highest BCUT2D eigenvalue weighted by Gasteiger charge is 2.33. The molecule has 5 nitrogen and oxygen atoms in total. The summed E-state index contributed by atoms with van der Waals surface area (Å²) in [6.07, 6.45) is 2.18. The normalized spacial score (nSPS) is 24.8. The molecule has 16 heavy (non-hydrogen) atoms. The van der Waals surface area contributed by atoms with E-state index in [0.717, 1.165) is 19.4 Å². The fourth-order valence-electron chi connectivity index (χ4n) is 2.03. The van der Waals surface area contributed by atoms with E-state index in [1.54, 1.807) is 7.11 Å². The Morgan fingerprint density at radius 3 is 2.81 bits per heavy atom. The molecule has 5 heteroatoms. The van der Waals surface area contributed by atoms with E-state index in [1.165, 1.54) is 0 Å². The average Bonchev–Trinajstić information content (AvgIpc) is 2.64. The monoisotopic (exact) mass is 229 g/mol. The van der Waals surface area contributed by atoms with Crippen LogP contribution in [0.1, 0.15) is 26.7 Å². The van der Waals surface area contributed by atoms with Crippen molar-refractivity contribution in [3.05, 3.63) is 0 Å². The van der Waals surface area contributed by atoms with E-state index in [2.05, 4.69) is 16.0 Å². The fraction of sp³-hybridized carbons (Fsp3) is 0.909. The van der Waals surface area contributed by atoms with Gasteiger partial charge in [-0.1, -0.05) is 0 Å².